The fourth-order valence-electron chi connectivity index (χ4n) is 3.50. The molecule has 0 aromatic heterocycles. The topological polar surface area (TPSA) is 15.3 Å². The lowest BCUT2D eigenvalue weighted by Crippen LogP contribution is -2.30. The second kappa shape index (κ2) is 5.41. The van der Waals surface area contributed by atoms with Crippen LogP contribution in [0.5, 0.6) is 0 Å². The van der Waals surface area contributed by atoms with Crippen molar-refractivity contribution < 1.29 is 0 Å². The van der Waals surface area contributed by atoms with Gasteiger partial charge in [0.25, 0.3) is 0 Å². The van der Waals surface area contributed by atoms with E-state index in [2.05, 4.69) is 35.5 Å². The Bertz CT molecular complexity index is 408. The lowest BCUT2D eigenvalue weighted by atomic mass is 9.95. The van der Waals surface area contributed by atoms with E-state index < -0.39 is 0 Å². The quantitative estimate of drug-likeness (QED) is 0.879. The summed E-state index contributed by atoms with van der Waals surface area (Å²) in [5.74, 6) is 0. The molecule has 2 nitrogen and oxygen atoms in total. The van der Waals surface area contributed by atoms with E-state index in [1.807, 2.05) is 0 Å². The summed E-state index contributed by atoms with van der Waals surface area (Å²) in [4.78, 5) is 2.57. The first kappa shape index (κ1) is 12.2. The average Bonchev–Trinajstić information content (AvgIpc) is 2.93. The van der Waals surface area contributed by atoms with E-state index in [4.69, 9.17) is 0 Å². The molecule has 1 aliphatic carbocycles. The highest BCUT2D eigenvalue weighted by Gasteiger charge is 2.21. The molecule has 98 valence electrons. The number of hydrogen-bond donors (Lipinski definition) is 1. The highest BCUT2D eigenvalue weighted by Crippen LogP contribution is 2.25. The maximum absolute atomic E-state index is 3.46. The zero-order valence-corrected chi connectivity index (χ0v) is 11.4. The highest BCUT2D eigenvalue weighted by molar-refractivity contribution is 5.37. The number of nitrogens with zero attached hydrogens (tertiary/aromatic N) is 1. The fraction of sp³-hybridized carbons (Fsp3) is 0.625. The zero-order chi connectivity index (χ0) is 12.4. The molecule has 0 atom stereocenters. The molecule has 0 spiro atoms. The van der Waals surface area contributed by atoms with Crippen molar-refractivity contribution in [3.63, 3.8) is 0 Å². The lowest BCUT2D eigenvalue weighted by Gasteiger charge is -2.27. The molecule has 1 aromatic rings. The van der Waals surface area contributed by atoms with Gasteiger partial charge in [0.2, 0.25) is 0 Å². The molecule has 1 fully saturated rings. The van der Waals surface area contributed by atoms with Gasteiger partial charge in [0.1, 0.15) is 0 Å². The second-order valence-corrected chi connectivity index (χ2v) is 5.83. The minimum atomic E-state index is 0.822. The van der Waals surface area contributed by atoms with Gasteiger partial charge in [-0.15, -0.1) is 0 Å². The van der Waals surface area contributed by atoms with Crippen molar-refractivity contribution in [3.05, 3.63) is 34.9 Å². The normalized spacial score (nSPS) is 20.3. The van der Waals surface area contributed by atoms with E-state index in [9.17, 15) is 0 Å². The van der Waals surface area contributed by atoms with Crippen LogP contribution in [0.1, 0.15) is 42.4 Å². The Morgan fingerprint density at radius 2 is 2.11 bits per heavy atom. The van der Waals surface area contributed by atoms with E-state index in [-0.39, 0.29) is 0 Å². The Hall–Kier alpha value is -0.860. The van der Waals surface area contributed by atoms with Gasteiger partial charge in [0, 0.05) is 19.1 Å². The third-order valence-corrected chi connectivity index (χ3v) is 4.61. The van der Waals surface area contributed by atoms with Crippen LogP contribution in [0.15, 0.2) is 18.2 Å². The molecule has 1 saturated carbocycles. The summed E-state index contributed by atoms with van der Waals surface area (Å²) in [6.07, 6.45) is 6.84. The van der Waals surface area contributed by atoms with E-state index in [0.717, 1.165) is 25.7 Å². The molecule has 1 N–H and O–H groups in total. The molecule has 0 amide bonds. The number of rotatable bonds is 3. The Kier molecular flexibility index (Phi) is 3.67. The largest absolute Gasteiger partial charge is 0.312 e. The van der Waals surface area contributed by atoms with Gasteiger partial charge in [-0.25, -0.2) is 0 Å². The minimum absolute atomic E-state index is 0.822. The van der Waals surface area contributed by atoms with Crippen molar-refractivity contribution in [2.45, 2.75) is 51.2 Å². The lowest BCUT2D eigenvalue weighted by molar-refractivity contribution is 0.236. The summed E-state index contributed by atoms with van der Waals surface area (Å²) in [6, 6.07) is 7.65. The summed E-state index contributed by atoms with van der Waals surface area (Å²) in [6.45, 7) is 3.32. The van der Waals surface area contributed by atoms with Crippen LogP contribution in [0, 0.1) is 0 Å². The van der Waals surface area contributed by atoms with Crippen LogP contribution in [-0.2, 0) is 19.5 Å². The SMILES string of the molecule is CN(Cc1cccc2c1CCNC2)C1CCCC1. The molecule has 2 heteroatoms. The van der Waals surface area contributed by atoms with E-state index in [0.29, 0.717) is 0 Å². The van der Waals surface area contributed by atoms with Gasteiger partial charge in [0.05, 0.1) is 0 Å². The summed E-state index contributed by atoms with van der Waals surface area (Å²) in [5.41, 5.74) is 4.68. The van der Waals surface area contributed by atoms with Crippen LogP contribution in [0.2, 0.25) is 0 Å². The number of nitrogens with one attached hydrogen (secondary N) is 1. The molecule has 0 bridgehead atoms. The van der Waals surface area contributed by atoms with Gasteiger partial charge >= 0.3 is 0 Å². The summed E-state index contributed by atoms with van der Waals surface area (Å²) in [7, 11) is 2.30. The molecule has 0 saturated heterocycles. The molecule has 0 radical (unpaired) electrons. The van der Waals surface area contributed by atoms with Crippen LogP contribution in [0.3, 0.4) is 0 Å². The Morgan fingerprint density at radius 1 is 1.28 bits per heavy atom. The van der Waals surface area contributed by atoms with Gasteiger partial charge in [0.15, 0.2) is 0 Å². The average molecular weight is 244 g/mol. The van der Waals surface area contributed by atoms with E-state index in [1.54, 1.807) is 11.1 Å². The summed E-state index contributed by atoms with van der Waals surface area (Å²) < 4.78 is 0. The minimum Gasteiger partial charge on any atom is -0.312 e. The van der Waals surface area contributed by atoms with Crippen molar-refractivity contribution in [1.29, 1.82) is 0 Å². The predicted octanol–water partition coefficient (Wildman–Crippen LogP) is 2.71. The fourth-order valence-corrected chi connectivity index (χ4v) is 3.50. The van der Waals surface area contributed by atoms with Gasteiger partial charge in [-0.05, 0) is 49.5 Å². The molecular formula is C16H24N2. The first-order chi connectivity index (χ1) is 8.84. The van der Waals surface area contributed by atoms with Crippen LogP contribution < -0.4 is 5.32 Å². The number of hydrogen-bond acceptors (Lipinski definition) is 2. The van der Waals surface area contributed by atoms with Gasteiger partial charge in [-0.3, -0.25) is 4.90 Å². The summed E-state index contributed by atoms with van der Waals surface area (Å²) >= 11 is 0. The molecule has 1 heterocycles. The van der Waals surface area contributed by atoms with Crippen molar-refractivity contribution in [3.8, 4) is 0 Å². The maximum Gasteiger partial charge on any atom is 0.0236 e. The van der Waals surface area contributed by atoms with Gasteiger partial charge in [-0.2, -0.15) is 0 Å². The summed E-state index contributed by atoms with van der Waals surface area (Å²) in [5, 5.41) is 3.46. The van der Waals surface area contributed by atoms with E-state index in [1.165, 1.54) is 37.7 Å². The van der Waals surface area contributed by atoms with Crippen LogP contribution >= 0.6 is 0 Å². The standard InChI is InChI=1S/C16H24N2/c1-18(15-7-2-3-8-15)12-14-6-4-5-13-11-17-10-9-16(13)14/h4-6,15,17H,2-3,7-12H2,1H3. The zero-order valence-electron chi connectivity index (χ0n) is 11.4. The van der Waals surface area contributed by atoms with Gasteiger partial charge in [-0.1, -0.05) is 31.0 Å². The number of benzene rings is 1. The van der Waals surface area contributed by atoms with Crippen molar-refractivity contribution in [1.82, 2.24) is 10.2 Å². The third-order valence-electron chi connectivity index (χ3n) is 4.61. The molecule has 1 aromatic carbocycles. The smallest absolute Gasteiger partial charge is 0.0236 e. The first-order valence-electron chi connectivity index (χ1n) is 7.35. The van der Waals surface area contributed by atoms with Crippen molar-refractivity contribution in [2.24, 2.45) is 0 Å². The molecular weight excluding hydrogens is 220 g/mol. The molecule has 0 unspecified atom stereocenters. The van der Waals surface area contributed by atoms with Crippen molar-refractivity contribution in [2.75, 3.05) is 13.6 Å². The molecule has 1 aliphatic heterocycles. The second-order valence-electron chi connectivity index (χ2n) is 5.83. The third kappa shape index (κ3) is 2.45. The number of fused-ring (bicyclic) bond motifs is 1. The molecule has 18 heavy (non-hydrogen) atoms. The highest BCUT2D eigenvalue weighted by atomic mass is 15.1. The maximum atomic E-state index is 3.46. The Morgan fingerprint density at radius 3 is 2.94 bits per heavy atom. The monoisotopic (exact) mass is 244 g/mol. The predicted molar refractivity (Wildman–Crippen MR) is 75.6 cm³/mol. The van der Waals surface area contributed by atoms with E-state index >= 15 is 0 Å². The molecule has 3 rings (SSSR count). The van der Waals surface area contributed by atoms with Crippen LogP contribution in [0.25, 0.3) is 0 Å². The Labute approximate surface area is 110 Å². The Balaban J connectivity index is 1.75. The van der Waals surface area contributed by atoms with Crippen molar-refractivity contribution >= 4 is 0 Å². The first-order valence-corrected chi connectivity index (χ1v) is 7.35. The van der Waals surface area contributed by atoms with Crippen LogP contribution in [-0.4, -0.2) is 24.5 Å². The van der Waals surface area contributed by atoms with Gasteiger partial charge < -0.3 is 5.32 Å². The van der Waals surface area contributed by atoms with Crippen LogP contribution in [0.4, 0.5) is 0 Å². The molecule has 2 aliphatic rings.